The van der Waals surface area contributed by atoms with E-state index >= 15 is 0 Å². The summed E-state index contributed by atoms with van der Waals surface area (Å²) in [7, 11) is 0. The topological polar surface area (TPSA) is 72.7 Å². The van der Waals surface area contributed by atoms with Gasteiger partial charge in [-0.25, -0.2) is 15.0 Å². The molecule has 178 valence electrons. The maximum Gasteiger partial charge on any atom is 0.256 e. The lowest BCUT2D eigenvalue weighted by Crippen LogP contribution is -2.14. The monoisotopic (exact) mass is 449 g/mol. The summed E-state index contributed by atoms with van der Waals surface area (Å²) < 4.78 is 2.22. The minimum atomic E-state index is -0.187. The summed E-state index contributed by atoms with van der Waals surface area (Å²) in [4.78, 5) is 26.1. The van der Waals surface area contributed by atoms with Crippen molar-refractivity contribution in [1.82, 2.24) is 19.5 Å². The fourth-order valence-electron chi connectivity index (χ4n) is 4.37. The highest BCUT2D eigenvalue weighted by molar-refractivity contribution is 6.06. The van der Waals surface area contributed by atoms with Crippen molar-refractivity contribution in [2.45, 2.75) is 96.9 Å². The zero-order valence-electron chi connectivity index (χ0n) is 20.3. The number of hydrogen-bond donors (Lipinski definition) is 1. The van der Waals surface area contributed by atoms with Gasteiger partial charge >= 0.3 is 0 Å². The van der Waals surface area contributed by atoms with Gasteiger partial charge in [0, 0.05) is 11.6 Å². The van der Waals surface area contributed by atoms with Crippen LogP contribution >= 0.6 is 0 Å². The third-order valence-electron chi connectivity index (χ3n) is 6.30. The molecule has 0 aliphatic carbocycles. The van der Waals surface area contributed by atoms with Gasteiger partial charge in [-0.2, -0.15) is 0 Å². The highest BCUT2D eigenvalue weighted by Crippen LogP contribution is 2.28. The lowest BCUT2D eigenvalue weighted by Gasteiger charge is -2.19. The standard InChI is InChI=1S/C27H39N5O/c1-3-5-7-9-14-18-23(19-15-10-8-6-4-2)32-21-30-24-25(28-20-29-26(24)32)31-27(33)22-16-12-11-13-17-22/h11-13,16-17,20-21,23H,3-10,14-15,18-19H2,1-2H3,(H,28,29,31,33). The van der Waals surface area contributed by atoms with Crippen molar-refractivity contribution in [3.8, 4) is 0 Å². The molecule has 1 amide bonds. The molecule has 1 aromatic carbocycles. The molecule has 0 saturated heterocycles. The zero-order chi connectivity index (χ0) is 23.3. The van der Waals surface area contributed by atoms with Crippen molar-refractivity contribution in [2.75, 3.05) is 5.32 Å². The maximum absolute atomic E-state index is 12.6. The Bertz CT molecular complexity index is 955. The van der Waals surface area contributed by atoms with Crippen LogP contribution in [0.3, 0.4) is 0 Å². The van der Waals surface area contributed by atoms with Gasteiger partial charge in [0.1, 0.15) is 6.33 Å². The molecule has 0 unspecified atom stereocenters. The smallest absolute Gasteiger partial charge is 0.256 e. The molecular weight excluding hydrogens is 410 g/mol. The summed E-state index contributed by atoms with van der Waals surface area (Å²) in [5, 5.41) is 2.92. The lowest BCUT2D eigenvalue weighted by atomic mass is 10.00. The molecule has 6 heteroatoms. The Morgan fingerprint density at radius 3 is 2.12 bits per heavy atom. The summed E-state index contributed by atoms with van der Waals surface area (Å²) in [6.07, 6.45) is 18.5. The number of carbonyl (C=O) groups excluding carboxylic acids is 1. The molecule has 0 radical (unpaired) electrons. The number of rotatable bonds is 15. The van der Waals surface area contributed by atoms with Crippen LogP contribution in [0.4, 0.5) is 5.82 Å². The van der Waals surface area contributed by atoms with Gasteiger partial charge < -0.3 is 9.88 Å². The van der Waals surface area contributed by atoms with E-state index in [9.17, 15) is 4.79 Å². The first-order valence-electron chi connectivity index (χ1n) is 12.8. The van der Waals surface area contributed by atoms with Crippen LogP contribution in [0.5, 0.6) is 0 Å². The molecule has 6 nitrogen and oxygen atoms in total. The van der Waals surface area contributed by atoms with Gasteiger partial charge in [0.05, 0.1) is 6.33 Å². The Morgan fingerprint density at radius 2 is 1.48 bits per heavy atom. The third-order valence-corrected chi connectivity index (χ3v) is 6.30. The number of hydrogen-bond acceptors (Lipinski definition) is 4. The molecular formula is C27H39N5O. The molecule has 0 spiro atoms. The highest BCUT2D eigenvalue weighted by atomic mass is 16.1. The summed E-state index contributed by atoms with van der Waals surface area (Å²) in [5.74, 6) is 0.283. The fraction of sp³-hybridized carbons (Fsp3) is 0.556. The van der Waals surface area contributed by atoms with E-state index in [2.05, 4.69) is 38.7 Å². The second-order valence-corrected chi connectivity index (χ2v) is 8.93. The van der Waals surface area contributed by atoms with Gasteiger partial charge in [-0.3, -0.25) is 4.79 Å². The third kappa shape index (κ3) is 7.37. The number of unbranched alkanes of at least 4 members (excludes halogenated alkanes) is 8. The number of imidazole rings is 1. The first kappa shape index (κ1) is 24.9. The Hall–Kier alpha value is -2.76. The van der Waals surface area contributed by atoms with Crippen molar-refractivity contribution in [3.05, 3.63) is 48.5 Å². The van der Waals surface area contributed by atoms with E-state index in [1.165, 1.54) is 70.5 Å². The molecule has 2 heterocycles. The molecule has 0 saturated carbocycles. The van der Waals surface area contributed by atoms with Gasteiger partial charge in [0.25, 0.3) is 5.91 Å². The number of nitrogens with zero attached hydrogens (tertiary/aromatic N) is 4. The van der Waals surface area contributed by atoms with Gasteiger partial charge in [-0.05, 0) is 25.0 Å². The van der Waals surface area contributed by atoms with Crippen molar-refractivity contribution >= 4 is 22.9 Å². The summed E-state index contributed by atoms with van der Waals surface area (Å²) in [5.41, 5.74) is 2.06. The van der Waals surface area contributed by atoms with Crippen LogP contribution in [0.2, 0.25) is 0 Å². The summed E-state index contributed by atoms with van der Waals surface area (Å²) >= 11 is 0. The molecule has 3 aromatic rings. The first-order chi connectivity index (χ1) is 16.2. The quantitative estimate of drug-likeness (QED) is 0.246. The lowest BCUT2D eigenvalue weighted by molar-refractivity contribution is 0.102. The predicted molar refractivity (Wildman–Crippen MR) is 136 cm³/mol. The Balaban J connectivity index is 1.74. The van der Waals surface area contributed by atoms with Crippen LogP contribution in [0.1, 0.15) is 107 Å². The van der Waals surface area contributed by atoms with Crippen molar-refractivity contribution in [2.24, 2.45) is 0 Å². The van der Waals surface area contributed by atoms with E-state index in [4.69, 9.17) is 0 Å². The van der Waals surface area contributed by atoms with Crippen LogP contribution in [0.15, 0.2) is 43.0 Å². The van der Waals surface area contributed by atoms with E-state index in [-0.39, 0.29) is 5.91 Å². The van der Waals surface area contributed by atoms with Crippen LogP contribution in [-0.4, -0.2) is 25.4 Å². The maximum atomic E-state index is 12.6. The second-order valence-electron chi connectivity index (χ2n) is 8.93. The van der Waals surface area contributed by atoms with Crippen LogP contribution in [0, 0.1) is 0 Å². The van der Waals surface area contributed by atoms with Crippen LogP contribution < -0.4 is 5.32 Å². The SMILES string of the molecule is CCCCCCCC(CCCCCCC)n1cnc2c(NC(=O)c3ccccc3)ncnc21. The molecule has 0 aliphatic heterocycles. The molecule has 0 aliphatic rings. The number of amides is 1. The highest BCUT2D eigenvalue weighted by Gasteiger charge is 2.18. The van der Waals surface area contributed by atoms with Crippen molar-refractivity contribution in [3.63, 3.8) is 0 Å². The molecule has 33 heavy (non-hydrogen) atoms. The average molecular weight is 450 g/mol. The zero-order valence-corrected chi connectivity index (χ0v) is 20.3. The number of benzene rings is 1. The van der Waals surface area contributed by atoms with Gasteiger partial charge in [-0.15, -0.1) is 0 Å². The largest absolute Gasteiger partial charge is 0.312 e. The number of aromatic nitrogens is 4. The molecule has 2 aromatic heterocycles. The number of carbonyl (C=O) groups is 1. The molecule has 0 atom stereocenters. The molecule has 1 N–H and O–H groups in total. The second kappa shape index (κ2) is 13.7. The van der Waals surface area contributed by atoms with E-state index in [1.807, 2.05) is 24.5 Å². The number of nitrogens with one attached hydrogen (secondary N) is 1. The van der Waals surface area contributed by atoms with Gasteiger partial charge in [-0.1, -0.05) is 96.3 Å². The molecule has 0 fully saturated rings. The normalized spacial score (nSPS) is 11.4. The van der Waals surface area contributed by atoms with Crippen molar-refractivity contribution in [1.29, 1.82) is 0 Å². The number of fused-ring (bicyclic) bond motifs is 1. The minimum absolute atomic E-state index is 0.187. The fourth-order valence-corrected chi connectivity index (χ4v) is 4.37. The first-order valence-corrected chi connectivity index (χ1v) is 12.8. The Labute approximate surface area is 198 Å². The van der Waals surface area contributed by atoms with E-state index in [1.54, 1.807) is 12.1 Å². The Kier molecular flexibility index (Phi) is 10.3. The molecule has 0 bridgehead atoms. The van der Waals surface area contributed by atoms with E-state index < -0.39 is 0 Å². The van der Waals surface area contributed by atoms with E-state index in [0.717, 1.165) is 18.5 Å². The van der Waals surface area contributed by atoms with Crippen LogP contribution in [0.25, 0.3) is 11.2 Å². The molecule has 3 rings (SSSR count). The minimum Gasteiger partial charge on any atom is -0.312 e. The predicted octanol–water partition coefficient (Wildman–Crippen LogP) is 7.34. The average Bonchev–Trinajstić information content (AvgIpc) is 3.28. The van der Waals surface area contributed by atoms with Crippen molar-refractivity contribution < 1.29 is 4.79 Å². The van der Waals surface area contributed by atoms with E-state index in [0.29, 0.717) is 22.9 Å². The summed E-state index contributed by atoms with van der Waals surface area (Å²) in [6, 6.07) is 9.56. The Morgan fingerprint density at radius 1 is 0.848 bits per heavy atom. The summed E-state index contributed by atoms with van der Waals surface area (Å²) in [6.45, 7) is 4.51. The van der Waals surface area contributed by atoms with Gasteiger partial charge in [0.2, 0.25) is 0 Å². The van der Waals surface area contributed by atoms with Crippen LogP contribution in [-0.2, 0) is 0 Å². The van der Waals surface area contributed by atoms with Gasteiger partial charge in [0.15, 0.2) is 17.0 Å². The number of anilines is 1.